The Bertz CT molecular complexity index is 561. The highest BCUT2D eigenvalue weighted by Gasteiger charge is 2.16. The molecule has 0 fully saturated rings. The van der Waals surface area contributed by atoms with Gasteiger partial charge < -0.3 is 9.47 Å². The van der Waals surface area contributed by atoms with Gasteiger partial charge in [0.2, 0.25) is 6.79 Å². The maximum absolute atomic E-state index is 5.31. The van der Waals surface area contributed by atoms with Crippen molar-refractivity contribution in [2.24, 2.45) is 0 Å². The Morgan fingerprint density at radius 3 is 2.44 bits per heavy atom. The summed E-state index contributed by atoms with van der Waals surface area (Å²) in [6, 6.07) is 3.74. The monoisotopic (exact) mass is 280 g/mol. The lowest BCUT2D eigenvalue weighted by Crippen LogP contribution is -1.95. The molecular weight excluding hydrogens is 272 g/mol. The van der Waals surface area contributed by atoms with Gasteiger partial charge in [-0.05, 0) is 6.92 Å². The maximum atomic E-state index is 5.31. The fraction of sp³-hybridized carbons (Fsp3) is 0.273. The van der Waals surface area contributed by atoms with Crippen molar-refractivity contribution < 1.29 is 9.47 Å². The molecule has 0 amide bonds. The van der Waals surface area contributed by atoms with Gasteiger partial charge in [-0.25, -0.2) is 9.97 Å². The minimum absolute atomic E-state index is 0.274. The zero-order chi connectivity index (χ0) is 11.1. The molecule has 2 aromatic rings. The van der Waals surface area contributed by atoms with E-state index in [1.54, 1.807) is 0 Å². The van der Waals surface area contributed by atoms with Crippen molar-refractivity contribution in [2.45, 2.75) is 12.3 Å². The summed E-state index contributed by atoms with van der Waals surface area (Å²) in [6.45, 7) is 2.23. The average Bonchev–Trinajstić information content (AvgIpc) is 2.72. The topological polar surface area (TPSA) is 44.2 Å². The summed E-state index contributed by atoms with van der Waals surface area (Å²) in [7, 11) is 0. The van der Waals surface area contributed by atoms with Gasteiger partial charge in [0.15, 0.2) is 11.5 Å². The summed E-state index contributed by atoms with van der Waals surface area (Å²) in [5.74, 6) is 1.49. The molecule has 1 aromatic carbocycles. The van der Waals surface area contributed by atoms with Crippen LogP contribution >= 0.6 is 15.9 Å². The van der Waals surface area contributed by atoms with E-state index in [4.69, 9.17) is 9.47 Å². The highest BCUT2D eigenvalue weighted by Crippen LogP contribution is 2.35. The lowest BCUT2D eigenvalue weighted by Gasteiger charge is -2.04. The fourth-order valence-electron chi connectivity index (χ4n) is 1.70. The summed E-state index contributed by atoms with van der Waals surface area (Å²) in [5.41, 5.74) is 3.56. The molecule has 16 heavy (non-hydrogen) atoms. The van der Waals surface area contributed by atoms with Gasteiger partial charge in [0.1, 0.15) is 0 Å². The van der Waals surface area contributed by atoms with E-state index in [-0.39, 0.29) is 6.79 Å². The molecule has 0 radical (unpaired) electrons. The third kappa shape index (κ3) is 1.43. The van der Waals surface area contributed by atoms with Crippen molar-refractivity contribution >= 4 is 27.0 Å². The molecule has 3 rings (SSSR count). The van der Waals surface area contributed by atoms with Crippen LogP contribution < -0.4 is 9.47 Å². The van der Waals surface area contributed by atoms with Crippen molar-refractivity contribution in [1.29, 1.82) is 0 Å². The second kappa shape index (κ2) is 3.59. The maximum Gasteiger partial charge on any atom is 0.231 e. The average molecular weight is 281 g/mol. The van der Waals surface area contributed by atoms with Gasteiger partial charge in [0, 0.05) is 17.5 Å². The van der Waals surface area contributed by atoms with Gasteiger partial charge in [-0.1, -0.05) is 15.9 Å². The Hall–Kier alpha value is -1.36. The minimum atomic E-state index is 0.274. The number of aromatic nitrogens is 2. The SMILES string of the molecule is Cc1nc2cc3c(cc2nc1CBr)OCO3. The quantitative estimate of drug-likeness (QED) is 0.753. The predicted molar refractivity (Wildman–Crippen MR) is 63.0 cm³/mol. The van der Waals surface area contributed by atoms with Crippen LogP contribution in [0.25, 0.3) is 11.0 Å². The molecule has 2 heterocycles. The second-order valence-electron chi connectivity index (χ2n) is 3.58. The number of benzene rings is 1. The molecule has 0 bridgehead atoms. The summed E-state index contributed by atoms with van der Waals surface area (Å²) in [4.78, 5) is 9.02. The molecule has 0 unspecified atom stereocenters. The summed E-state index contributed by atoms with van der Waals surface area (Å²) >= 11 is 3.40. The molecule has 82 valence electrons. The first-order valence-electron chi connectivity index (χ1n) is 4.91. The summed E-state index contributed by atoms with van der Waals surface area (Å²) < 4.78 is 10.6. The first-order chi connectivity index (χ1) is 7.78. The Morgan fingerprint density at radius 1 is 1.19 bits per heavy atom. The second-order valence-corrected chi connectivity index (χ2v) is 4.14. The Labute approximate surface area is 101 Å². The predicted octanol–water partition coefficient (Wildman–Crippen LogP) is 2.56. The summed E-state index contributed by atoms with van der Waals surface area (Å²) in [5, 5.41) is 0.705. The highest BCUT2D eigenvalue weighted by molar-refractivity contribution is 9.08. The number of halogens is 1. The largest absolute Gasteiger partial charge is 0.454 e. The van der Waals surface area contributed by atoms with Crippen LogP contribution in [0.4, 0.5) is 0 Å². The first kappa shape index (κ1) is 9.84. The lowest BCUT2D eigenvalue weighted by atomic mass is 10.2. The van der Waals surface area contributed by atoms with Crippen LogP contribution in [0.5, 0.6) is 11.5 Å². The van der Waals surface area contributed by atoms with Crippen LogP contribution in [0.1, 0.15) is 11.4 Å². The van der Waals surface area contributed by atoms with Gasteiger partial charge in [0.25, 0.3) is 0 Å². The van der Waals surface area contributed by atoms with Crippen molar-refractivity contribution in [1.82, 2.24) is 9.97 Å². The van der Waals surface area contributed by atoms with E-state index in [2.05, 4.69) is 25.9 Å². The van der Waals surface area contributed by atoms with E-state index in [0.717, 1.165) is 33.9 Å². The lowest BCUT2D eigenvalue weighted by molar-refractivity contribution is 0.174. The Morgan fingerprint density at radius 2 is 1.81 bits per heavy atom. The zero-order valence-corrected chi connectivity index (χ0v) is 10.2. The number of nitrogens with zero attached hydrogens (tertiary/aromatic N) is 2. The van der Waals surface area contributed by atoms with Crippen LogP contribution in [0, 0.1) is 6.92 Å². The first-order valence-corrected chi connectivity index (χ1v) is 6.03. The molecule has 0 saturated carbocycles. The van der Waals surface area contributed by atoms with E-state index >= 15 is 0 Å². The standard InChI is InChI=1S/C11H9BrN2O2/c1-6-9(4-12)14-8-3-11-10(15-5-16-11)2-7(8)13-6/h2-3H,4-5H2,1H3. The molecule has 0 saturated heterocycles. The number of hydrogen-bond acceptors (Lipinski definition) is 4. The number of rotatable bonds is 1. The summed E-state index contributed by atoms with van der Waals surface area (Å²) in [6.07, 6.45) is 0. The Kier molecular flexibility index (Phi) is 2.21. The minimum Gasteiger partial charge on any atom is -0.454 e. The number of alkyl halides is 1. The molecule has 4 nitrogen and oxygen atoms in total. The molecule has 0 N–H and O–H groups in total. The molecule has 5 heteroatoms. The van der Waals surface area contributed by atoms with E-state index in [1.807, 2.05) is 19.1 Å². The van der Waals surface area contributed by atoms with E-state index in [9.17, 15) is 0 Å². The number of hydrogen-bond donors (Lipinski definition) is 0. The number of aryl methyl sites for hydroxylation is 1. The zero-order valence-electron chi connectivity index (χ0n) is 8.66. The smallest absolute Gasteiger partial charge is 0.231 e. The Balaban J connectivity index is 2.28. The van der Waals surface area contributed by atoms with Crippen molar-refractivity contribution in [3.8, 4) is 11.5 Å². The fourth-order valence-corrected chi connectivity index (χ4v) is 2.23. The van der Waals surface area contributed by atoms with E-state index < -0.39 is 0 Å². The van der Waals surface area contributed by atoms with Crippen LogP contribution in [0.2, 0.25) is 0 Å². The van der Waals surface area contributed by atoms with Crippen LogP contribution in [-0.4, -0.2) is 16.8 Å². The normalized spacial score (nSPS) is 13.4. The van der Waals surface area contributed by atoms with Gasteiger partial charge >= 0.3 is 0 Å². The third-order valence-electron chi connectivity index (χ3n) is 2.56. The van der Waals surface area contributed by atoms with Crippen LogP contribution in [-0.2, 0) is 5.33 Å². The van der Waals surface area contributed by atoms with E-state index in [1.165, 1.54) is 0 Å². The number of ether oxygens (including phenoxy) is 2. The van der Waals surface area contributed by atoms with E-state index in [0.29, 0.717) is 5.33 Å². The van der Waals surface area contributed by atoms with Gasteiger partial charge in [0.05, 0.1) is 22.4 Å². The van der Waals surface area contributed by atoms with Crippen molar-refractivity contribution in [3.05, 3.63) is 23.5 Å². The van der Waals surface area contributed by atoms with Gasteiger partial charge in [-0.15, -0.1) is 0 Å². The molecule has 1 aromatic heterocycles. The van der Waals surface area contributed by atoms with Crippen LogP contribution in [0.3, 0.4) is 0 Å². The van der Waals surface area contributed by atoms with Gasteiger partial charge in [-0.2, -0.15) is 0 Å². The third-order valence-corrected chi connectivity index (χ3v) is 3.09. The molecule has 0 aliphatic carbocycles. The molecule has 1 aliphatic heterocycles. The molecule has 0 spiro atoms. The van der Waals surface area contributed by atoms with Gasteiger partial charge in [-0.3, -0.25) is 0 Å². The van der Waals surface area contributed by atoms with Crippen molar-refractivity contribution in [3.63, 3.8) is 0 Å². The highest BCUT2D eigenvalue weighted by atomic mass is 79.9. The van der Waals surface area contributed by atoms with Crippen molar-refractivity contribution in [2.75, 3.05) is 6.79 Å². The molecule has 0 atom stereocenters. The van der Waals surface area contributed by atoms with Crippen LogP contribution in [0.15, 0.2) is 12.1 Å². The molecule has 1 aliphatic rings. The number of fused-ring (bicyclic) bond motifs is 2. The molecular formula is C11H9BrN2O2.